The van der Waals surface area contributed by atoms with E-state index in [2.05, 4.69) is 21.2 Å². The van der Waals surface area contributed by atoms with Crippen LogP contribution in [0, 0.1) is 0 Å². The van der Waals surface area contributed by atoms with Crippen LogP contribution in [0.5, 0.6) is 11.5 Å². The highest BCUT2D eigenvalue weighted by Gasteiger charge is 2.13. The van der Waals surface area contributed by atoms with E-state index < -0.39 is 0 Å². The predicted octanol–water partition coefficient (Wildman–Crippen LogP) is 5.27. The van der Waals surface area contributed by atoms with Gasteiger partial charge < -0.3 is 14.8 Å². The summed E-state index contributed by atoms with van der Waals surface area (Å²) in [5.74, 6) is 1.25. The summed E-state index contributed by atoms with van der Waals surface area (Å²) in [6, 6.07) is 11.3. The van der Waals surface area contributed by atoms with E-state index in [1.54, 1.807) is 20.3 Å². The standard InChI is InChI=1S/C21H23BrClNO3/c1-4-5-16(15-7-8-17(22)18(23)13-15)21(25)24-11-10-14-6-9-19(26-2)20(12-14)27-3/h5-9,12-13H,4,10-11H2,1-3H3,(H,24,25)/b16-5-. The van der Waals surface area contributed by atoms with Crippen LogP contribution in [0.25, 0.3) is 5.57 Å². The SMILES string of the molecule is CC/C=C(\C(=O)NCCc1ccc(OC)c(OC)c1)c1ccc(Br)c(Cl)c1. The van der Waals surface area contributed by atoms with Crippen LogP contribution >= 0.6 is 27.5 Å². The second kappa shape index (κ2) is 10.4. The van der Waals surface area contributed by atoms with Crippen molar-refractivity contribution in [2.75, 3.05) is 20.8 Å². The quantitative estimate of drug-likeness (QED) is 0.555. The van der Waals surface area contributed by atoms with E-state index in [9.17, 15) is 4.79 Å². The smallest absolute Gasteiger partial charge is 0.251 e. The normalized spacial score (nSPS) is 11.2. The number of carbonyl (C=O) groups excluding carboxylic acids is 1. The lowest BCUT2D eigenvalue weighted by Gasteiger charge is -2.12. The summed E-state index contributed by atoms with van der Waals surface area (Å²) in [5.41, 5.74) is 2.48. The number of methoxy groups -OCH3 is 2. The number of halogens is 2. The van der Waals surface area contributed by atoms with Gasteiger partial charge in [0, 0.05) is 16.6 Å². The first-order valence-electron chi connectivity index (χ1n) is 8.64. The largest absolute Gasteiger partial charge is 0.493 e. The number of hydrogen-bond acceptors (Lipinski definition) is 3. The number of ether oxygens (including phenoxy) is 2. The van der Waals surface area contributed by atoms with Gasteiger partial charge in [-0.2, -0.15) is 0 Å². The first-order valence-corrected chi connectivity index (χ1v) is 9.82. The Hall–Kier alpha value is -1.98. The van der Waals surface area contributed by atoms with E-state index >= 15 is 0 Å². The maximum atomic E-state index is 12.7. The summed E-state index contributed by atoms with van der Waals surface area (Å²) in [5, 5.41) is 3.56. The lowest BCUT2D eigenvalue weighted by Crippen LogP contribution is -2.26. The van der Waals surface area contributed by atoms with Crippen LogP contribution in [0.3, 0.4) is 0 Å². The summed E-state index contributed by atoms with van der Waals surface area (Å²) >= 11 is 9.55. The Labute approximate surface area is 173 Å². The van der Waals surface area contributed by atoms with Crippen LogP contribution < -0.4 is 14.8 Å². The van der Waals surface area contributed by atoms with Gasteiger partial charge in [0.2, 0.25) is 0 Å². The van der Waals surface area contributed by atoms with Gasteiger partial charge in [0.15, 0.2) is 11.5 Å². The van der Waals surface area contributed by atoms with Crippen molar-refractivity contribution in [1.29, 1.82) is 0 Å². The number of benzene rings is 2. The van der Waals surface area contributed by atoms with Crippen LogP contribution in [-0.2, 0) is 11.2 Å². The van der Waals surface area contributed by atoms with E-state index in [-0.39, 0.29) is 5.91 Å². The molecule has 0 spiro atoms. The molecule has 2 rings (SSSR count). The summed E-state index contributed by atoms with van der Waals surface area (Å²) in [7, 11) is 3.21. The number of nitrogens with one attached hydrogen (secondary N) is 1. The lowest BCUT2D eigenvalue weighted by atomic mass is 10.0. The summed E-state index contributed by atoms with van der Waals surface area (Å²) in [4.78, 5) is 12.7. The van der Waals surface area contributed by atoms with Crippen LogP contribution in [0.2, 0.25) is 5.02 Å². The Balaban J connectivity index is 2.04. The second-order valence-electron chi connectivity index (χ2n) is 5.85. The Bertz CT molecular complexity index is 836. The molecule has 0 atom stereocenters. The van der Waals surface area contributed by atoms with Gasteiger partial charge in [0.1, 0.15) is 0 Å². The van der Waals surface area contributed by atoms with Crippen molar-refractivity contribution in [3.05, 3.63) is 63.1 Å². The number of hydrogen-bond donors (Lipinski definition) is 1. The zero-order chi connectivity index (χ0) is 19.8. The molecule has 0 bridgehead atoms. The molecule has 0 saturated heterocycles. The third-order valence-corrected chi connectivity index (χ3v) is 5.26. The van der Waals surface area contributed by atoms with Crippen LogP contribution in [0.15, 0.2) is 46.9 Å². The van der Waals surface area contributed by atoms with Crippen molar-refractivity contribution in [2.45, 2.75) is 19.8 Å². The number of allylic oxidation sites excluding steroid dienone is 1. The Morgan fingerprint density at radius 1 is 1.15 bits per heavy atom. The first kappa shape index (κ1) is 21.3. The maximum Gasteiger partial charge on any atom is 0.251 e. The second-order valence-corrected chi connectivity index (χ2v) is 7.11. The molecule has 0 unspecified atom stereocenters. The molecule has 6 heteroatoms. The molecule has 2 aromatic carbocycles. The van der Waals surface area contributed by atoms with Gasteiger partial charge in [-0.15, -0.1) is 0 Å². The molecule has 0 aliphatic rings. The van der Waals surface area contributed by atoms with E-state index in [0.717, 1.165) is 22.0 Å². The highest BCUT2D eigenvalue weighted by Crippen LogP contribution is 2.28. The predicted molar refractivity (Wildman–Crippen MR) is 114 cm³/mol. The summed E-state index contributed by atoms with van der Waals surface area (Å²) in [6.45, 7) is 2.51. The minimum atomic E-state index is -0.115. The lowest BCUT2D eigenvalue weighted by molar-refractivity contribution is -0.115. The highest BCUT2D eigenvalue weighted by atomic mass is 79.9. The van der Waals surface area contributed by atoms with Gasteiger partial charge in [-0.05, 0) is 64.2 Å². The van der Waals surface area contributed by atoms with Gasteiger partial charge in [0.25, 0.3) is 5.91 Å². The molecule has 0 saturated carbocycles. The van der Waals surface area contributed by atoms with Crippen molar-refractivity contribution in [3.63, 3.8) is 0 Å². The molecule has 1 N–H and O–H groups in total. The fourth-order valence-electron chi connectivity index (χ4n) is 2.66. The molecule has 2 aromatic rings. The molecule has 0 aliphatic carbocycles. The minimum absolute atomic E-state index is 0.115. The van der Waals surface area contributed by atoms with E-state index in [1.165, 1.54) is 0 Å². The maximum absolute atomic E-state index is 12.7. The molecule has 0 radical (unpaired) electrons. The van der Waals surface area contributed by atoms with Crippen molar-refractivity contribution < 1.29 is 14.3 Å². The third kappa shape index (κ3) is 5.75. The first-order chi connectivity index (χ1) is 13.0. The van der Waals surface area contributed by atoms with E-state index in [0.29, 0.717) is 35.1 Å². The molecule has 1 amide bonds. The average Bonchev–Trinajstić information content (AvgIpc) is 2.68. The fourth-order valence-corrected chi connectivity index (χ4v) is 3.09. The van der Waals surface area contributed by atoms with E-state index in [4.69, 9.17) is 21.1 Å². The molecule has 0 heterocycles. The van der Waals surface area contributed by atoms with Crippen LogP contribution in [-0.4, -0.2) is 26.7 Å². The molecule has 4 nitrogen and oxygen atoms in total. The van der Waals surface area contributed by atoms with Crippen LogP contribution in [0.4, 0.5) is 0 Å². The number of rotatable bonds is 8. The van der Waals surface area contributed by atoms with Crippen molar-refractivity contribution >= 4 is 39.0 Å². The molecule has 144 valence electrons. The van der Waals surface area contributed by atoms with Gasteiger partial charge in [-0.1, -0.05) is 36.7 Å². The topological polar surface area (TPSA) is 47.6 Å². The Morgan fingerprint density at radius 2 is 1.89 bits per heavy atom. The van der Waals surface area contributed by atoms with E-state index in [1.807, 2.05) is 43.3 Å². The summed E-state index contributed by atoms with van der Waals surface area (Å²) in [6.07, 6.45) is 3.35. The third-order valence-electron chi connectivity index (χ3n) is 4.03. The molecule has 0 fully saturated rings. The molecule has 0 aromatic heterocycles. The van der Waals surface area contributed by atoms with Gasteiger partial charge in [-0.25, -0.2) is 0 Å². The minimum Gasteiger partial charge on any atom is -0.493 e. The van der Waals surface area contributed by atoms with Crippen molar-refractivity contribution in [3.8, 4) is 11.5 Å². The van der Waals surface area contributed by atoms with Gasteiger partial charge in [-0.3, -0.25) is 4.79 Å². The Morgan fingerprint density at radius 3 is 2.52 bits per heavy atom. The van der Waals surface area contributed by atoms with Crippen molar-refractivity contribution in [2.24, 2.45) is 0 Å². The monoisotopic (exact) mass is 451 g/mol. The molecule has 0 aliphatic heterocycles. The zero-order valence-corrected chi connectivity index (χ0v) is 18.0. The molecule has 27 heavy (non-hydrogen) atoms. The number of carbonyl (C=O) groups is 1. The highest BCUT2D eigenvalue weighted by molar-refractivity contribution is 9.10. The van der Waals surface area contributed by atoms with Crippen LogP contribution in [0.1, 0.15) is 24.5 Å². The Kier molecular flexibility index (Phi) is 8.20. The van der Waals surface area contributed by atoms with Gasteiger partial charge in [0.05, 0.1) is 19.2 Å². The van der Waals surface area contributed by atoms with Crippen molar-refractivity contribution in [1.82, 2.24) is 5.32 Å². The summed E-state index contributed by atoms with van der Waals surface area (Å²) < 4.78 is 11.4. The molecular formula is C21H23BrClNO3. The molecular weight excluding hydrogens is 430 g/mol. The fraction of sp³-hybridized carbons (Fsp3) is 0.286. The van der Waals surface area contributed by atoms with Gasteiger partial charge >= 0.3 is 0 Å². The zero-order valence-electron chi connectivity index (χ0n) is 15.6. The number of amides is 1. The average molecular weight is 453 g/mol.